The first-order valence-corrected chi connectivity index (χ1v) is 7.47. The summed E-state index contributed by atoms with van der Waals surface area (Å²) in [4.78, 5) is 13.8. The number of piperidine rings is 1. The van der Waals surface area contributed by atoms with Crippen molar-refractivity contribution in [2.45, 2.75) is 12.8 Å². The summed E-state index contributed by atoms with van der Waals surface area (Å²) in [5.74, 6) is 0.392. The lowest BCUT2D eigenvalue weighted by Gasteiger charge is -2.31. The lowest BCUT2D eigenvalue weighted by molar-refractivity contribution is -0.137. The number of aliphatic hydroxyl groups excluding tert-OH is 1. The molecule has 0 radical (unpaired) electrons. The Bertz CT molecular complexity index is 450. The summed E-state index contributed by atoms with van der Waals surface area (Å²) >= 11 is 0. The van der Waals surface area contributed by atoms with Crippen molar-refractivity contribution < 1.29 is 14.6 Å². The summed E-state index contributed by atoms with van der Waals surface area (Å²) in [6.07, 6.45) is 5.67. The van der Waals surface area contributed by atoms with Crippen LogP contribution in [0.15, 0.2) is 36.4 Å². The van der Waals surface area contributed by atoms with Gasteiger partial charge >= 0.3 is 0 Å². The Hall–Kier alpha value is -1.65. The molecule has 0 bridgehead atoms. The van der Waals surface area contributed by atoms with Crippen molar-refractivity contribution in [2.75, 3.05) is 32.9 Å². The summed E-state index contributed by atoms with van der Waals surface area (Å²) in [7, 11) is 0. The van der Waals surface area contributed by atoms with Gasteiger partial charge in [0.2, 0.25) is 5.91 Å². The van der Waals surface area contributed by atoms with Crippen LogP contribution in [0.5, 0.6) is 0 Å². The van der Waals surface area contributed by atoms with Crippen molar-refractivity contribution in [3.05, 3.63) is 42.0 Å². The maximum Gasteiger partial charge on any atom is 0.248 e. The van der Waals surface area contributed by atoms with Gasteiger partial charge in [0.1, 0.15) is 6.61 Å². The molecule has 1 heterocycles. The Morgan fingerprint density at radius 2 is 2.00 bits per heavy atom. The van der Waals surface area contributed by atoms with Crippen LogP contribution in [0.3, 0.4) is 0 Å². The van der Waals surface area contributed by atoms with Gasteiger partial charge in [-0.1, -0.05) is 42.5 Å². The third kappa shape index (κ3) is 5.33. The Labute approximate surface area is 126 Å². The molecule has 4 heteroatoms. The van der Waals surface area contributed by atoms with Crippen LogP contribution in [0.4, 0.5) is 0 Å². The quantitative estimate of drug-likeness (QED) is 0.814. The molecule has 1 amide bonds. The molecule has 0 unspecified atom stereocenters. The highest BCUT2D eigenvalue weighted by molar-refractivity contribution is 5.77. The van der Waals surface area contributed by atoms with E-state index >= 15 is 0 Å². The standard InChI is InChI=1S/C17H23NO3/c19-13-16-8-10-18(11-9-16)17(20)14-21-12-4-7-15-5-2-1-3-6-15/h1-7,16,19H,8-14H2/b7-4+. The number of likely N-dealkylation sites (tertiary alicyclic amines) is 1. The Balaban J connectivity index is 1.62. The molecule has 1 fully saturated rings. The van der Waals surface area contributed by atoms with Crippen LogP contribution >= 0.6 is 0 Å². The van der Waals surface area contributed by atoms with E-state index in [-0.39, 0.29) is 19.1 Å². The number of carbonyl (C=O) groups is 1. The molecule has 21 heavy (non-hydrogen) atoms. The van der Waals surface area contributed by atoms with Gasteiger partial charge in [0.25, 0.3) is 0 Å². The highest BCUT2D eigenvalue weighted by Gasteiger charge is 2.21. The summed E-state index contributed by atoms with van der Waals surface area (Å²) in [5.41, 5.74) is 1.12. The van der Waals surface area contributed by atoms with Gasteiger partial charge in [-0.25, -0.2) is 0 Å². The molecule has 1 saturated heterocycles. The molecule has 4 nitrogen and oxygen atoms in total. The molecule has 0 spiro atoms. The van der Waals surface area contributed by atoms with Crippen LogP contribution in [0.1, 0.15) is 18.4 Å². The van der Waals surface area contributed by atoms with E-state index in [1.54, 1.807) is 0 Å². The van der Waals surface area contributed by atoms with Gasteiger partial charge in [0, 0.05) is 19.7 Å². The number of hydrogen-bond acceptors (Lipinski definition) is 3. The monoisotopic (exact) mass is 289 g/mol. The molecule has 0 saturated carbocycles. The highest BCUT2D eigenvalue weighted by Crippen LogP contribution is 2.16. The second kappa shape index (κ2) is 8.60. The summed E-state index contributed by atoms with van der Waals surface area (Å²) < 4.78 is 5.40. The van der Waals surface area contributed by atoms with E-state index in [1.165, 1.54) is 0 Å². The summed E-state index contributed by atoms with van der Waals surface area (Å²) in [5, 5.41) is 9.07. The van der Waals surface area contributed by atoms with Crippen molar-refractivity contribution in [3.63, 3.8) is 0 Å². The van der Waals surface area contributed by atoms with E-state index in [2.05, 4.69) is 0 Å². The van der Waals surface area contributed by atoms with Crippen LogP contribution in [-0.4, -0.2) is 48.8 Å². The zero-order chi connectivity index (χ0) is 14.9. The smallest absolute Gasteiger partial charge is 0.248 e. The Kier molecular flexibility index (Phi) is 6.44. The number of nitrogens with zero attached hydrogens (tertiary/aromatic N) is 1. The van der Waals surface area contributed by atoms with Crippen molar-refractivity contribution in [1.29, 1.82) is 0 Å². The van der Waals surface area contributed by atoms with Crippen molar-refractivity contribution in [3.8, 4) is 0 Å². The first-order chi connectivity index (χ1) is 10.3. The van der Waals surface area contributed by atoms with Gasteiger partial charge in [0.15, 0.2) is 0 Å². The number of rotatable bonds is 6. The molecule has 1 aliphatic rings. The fourth-order valence-electron chi connectivity index (χ4n) is 2.42. The minimum absolute atomic E-state index is 0.0412. The molecule has 114 valence electrons. The molecule has 0 atom stereocenters. The maximum atomic E-state index is 11.9. The van der Waals surface area contributed by atoms with E-state index in [1.807, 2.05) is 47.4 Å². The van der Waals surface area contributed by atoms with E-state index in [0.717, 1.165) is 31.5 Å². The van der Waals surface area contributed by atoms with E-state index in [9.17, 15) is 4.79 Å². The molecule has 1 N–H and O–H groups in total. The Morgan fingerprint density at radius 3 is 2.67 bits per heavy atom. The number of ether oxygens (including phenoxy) is 1. The second-order valence-electron chi connectivity index (χ2n) is 5.33. The molecular formula is C17H23NO3. The van der Waals surface area contributed by atoms with E-state index in [4.69, 9.17) is 9.84 Å². The van der Waals surface area contributed by atoms with Crippen LogP contribution in [0.25, 0.3) is 6.08 Å². The average Bonchev–Trinajstić information content (AvgIpc) is 2.55. The van der Waals surface area contributed by atoms with E-state index in [0.29, 0.717) is 12.5 Å². The highest BCUT2D eigenvalue weighted by atomic mass is 16.5. The fourth-order valence-corrected chi connectivity index (χ4v) is 2.42. The van der Waals surface area contributed by atoms with Crippen LogP contribution < -0.4 is 0 Å². The minimum Gasteiger partial charge on any atom is -0.396 e. The fraction of sp³-hybridized carbons (Fsp3) is 0.471. The number of aliphatic hydroxyl groups is 1. The number of hydrogen-bond donors (Lipinski definition) is 1. The normalized spacial score (nSPS) is 16.5. The molecule has 1 aromatic rings. The number of amides is 1. The molecular weight excluding hydrogens is 266 g/mol. The zero-order valence-corrected chi connectivity index (χ0v) is 12.3. The molecule has 0 aliphatic carbocycles. The van der Waals surface area contributed by atoms with Crippen LogP contribution in [0.2, 0.25) is 0 Å². The van der Waals surface area contributed by atoms with Crippen LogP contribution in [-0.2, 0) is 9.53 Å². The van der Waals surface area contributed by atoms with Crippen molar-refractivity contribution >= 4 is 12.0 Å². The SMILES string of the molecule is O=C(COC/C=C/c1ccccc1)N1CCC(CO)CC1. The number of benzene rings is 1. The van der Waals surface area contributed by atoms with Crippen molar-refractivity contribution in [2.24, 2.45) is 5.92 Å². The Morgan fingerprint density at radius 1 is 1.29 bits per heavy atom. The lowest BCUT2D eigenvalue weighted by atomic mass is 9.98. The largest absolute Gasteiger partial charge is 0.396 e. The zero-order valence-electron chi connectivity index (χ0n) is 12.3. The van der Waals surface area contributed by atoms with Gasteiger partial charge in [-0.05, 0) is 24.3 Å². The number of carbonyl (C=O) groups excluding carboxylic acids is 1. The third-order valence-electron chi connectivity index (χ3n) is 3.77. The summed E-state index contributed by atoms with van der Waals surface area (Å²) in [6, 6.07) is 9.99. The van der Waals surface area contributed by atoms with Crippen molar-refractivity contribution in [1.82, 2.24) is 4.90 Å². The molecule has 2 rings (SSSR count). The van der Waals surface area contributed by atoms with E-state index < -0.39 is 0 Å². The summed E-state index contributed by atoms with van der Waals surface area (Å²) in [6.45, 7) is 2.25. The lowest BCUT2D eigenvalue weighted by Crippen LogP contribution is -2.41. The van der Waals surface area contributed by atoms with Gasteiger partial charge in [-0.3, -0.25) is 4.79 Å². The maximum absolute atomic E-state index is 11.9. The molecule has 1 aliphatic heterocycles. The van der Waals surface area contributed by atoms with Gasteiger partial charge in [-0.2, -0.15) is 0 Å². The van der Waals surface area contributed by atoms with Gasteiger partial charge < -0.3 is 14.7 Å². The molecule has 1 aromatic carbocycles. The first kappa shape index (κ1) is 15.7. The third-order valence-corrected chi connectivity index (χ3v) is 3.77. The molecule has 0 aromatic heterocycles. The minimum atomic E-state index is 0.0412. The topological polar surface area (TPSA) is 49.8 Å². The van der Waals surface area contributed by atoms with Crippen LogP contribution in [0, 0.1) is 5.92 Å². The second-order valence-corrected chi connectivity index (χ2v) is 5.33. The van der Waals surface area contributed by atoms with Gasteiger partial charge in [0.05, 0.1) is 6.61 Å². The predicted octanol–water partition coefficient (Wildman–Crippen LogP) is 1.95. The average molecular weight is 289 g/mol. The van der Waals surface area contributed by atoms with Gasteiger partial charge in [-0.15, -0.1) is 0 Å². The first-order valence-electron chi connectivity index (χ1n) is 7.47. The predicted molar refractivity (Wildman–Crippen MR) is 82.7 cm³/mol.